The van der Waals surface area contributed by atoms with Gasteiger partial charge in [0.2, 0.25) is 0 Å². The summed E-state index contributed by atoms with van der Waals surface area (Å²) >= 11 is 0.987. The molecule has 13 heteroatoms. The molecule has 3 aromatic carbocycles. The number of nitrogens with one attached hydrogen (secondary N) is 2. The van der Waals surface area contributed by atoms with E-state index in [1.807, 2.05) is 30.5 Å². The number of nitro benzene ring substituents is 1. The number of amides is 1. The number of aromatic nitrogens is 2. The van der Waals surface area contributed by atoms with Crippen molar-refractivity contribution in [3.05, 3.63) is 112 Å². The van der Waals surface area contributed by atoms with Gasteiger partial charge in [-0.3, -0.25) is 29.4 Å². The Hall–Kier alpha value is -5.11. The minimum absolute atomic E-state index is 0.0627. The lowest BCUT2D eigenvalue weighted by Gasteiger charge is -2.58. The molecule has 2 aromatic heterocycles. The van der Waals surface area contributed by atoms with Crippen LogP contribution in [0.4, 0.5) is 17.1 Å². The highest BCUT2D eigenvalue weighted by Crippen LogP contribution is 2.53. The zero-order chi connectivity index (χ0) is 39.8. The zero-order valence-corrected chi connectivity index (χ0v) is 33.9. The fraction of sp³-hybridized carbons (Fsp3) is 0.409. The zero-order valence-electron chi connectivity index (χ0n) is 33.1. The second-order valence-electron chi connectivity index (χ2n) is 16.6. The summed E-state index contributed by atoms with van der Waals surface area (Å²) in [5.41, 5.74) is 11.0. The number of nitrogens with two attached hydrogens (primary N) is 1. The van der Waals surface area contributed by atoms with Gasteiger partial charge in [0, 0.05) is 85.1 Å². The molecule has 3 fully saturated rings. The van der Waals surface area contributed by atoms with Crippen molar-refractivity contribution >= 4 is 46.0 Å². The Balaban J connectivity index is 0.969. The van der Waals surface area contributed by atoms with Gasteiger partial charge in [-0.25, -0.2) is 4.98 Å². The number of H-pyrrole nitrogens is 1. The number of ether oxygens (including phenoxy) is 1. The molecule has 2 saturated heterocycles. The van der Waals surface area contributed by atoms with Gasteiger partial charge < -0.3 is 20.4 Å². The molecule has 4 heterocycles. The number of piperidine rings is 1. The summed E-state index contributed by atoms with van der Waals surface area (Å²) in [5.74, 6) is 1.01. The van der Waals surface area contributed by atoms with Crippen LogP contribution in [0.1, 0.15) is 86.8 Å². The van der Waals surface area contributed by atoms with E-state index in [0.717, 1.165) is 74.2 Å². The van der Waals surface area contributed by atoms with Crippen molar-refractivity contribution in [3.63, 3.8) is 0 Å². The first-order valence-electron chi connectivity index (χ1n) is 20.1. The number of anilines is 2. The van der Waals surface area contributed by atoms with Crippen LogP contribution in [-0.4, -0.2) is 75.4 Å². The number of piperazine rings is 1. The van der Waals surface area contributed by atoms with Crippen molar-refractivity contribution in [2.24, 2.45) is 5.41 Å². The number of hydrogen-bond acceptors (Lipinski definition) is 10. The summed E-state index contributed by atoms with van der Waals surface area (Å²) in [7, 11) is 0. The van der Waals surface area contributed by atoms with Gasteiger partial charge in [-0.2, -0.15) is 0 Å². The van der Waals surface area contributed by atoms with Crippen LogP contribution in [0.3, 0.4) is 0 Å². The number of carbonyl (C=O) groups excluding carboxylic acids is 1. The van der Waals surface area contributed by atoms with Gasteiger partial charge in [0.25, 0.3) is 11.6 Å². The first-order chi connectivity index (χ1) is 27.5. The highest BCUT2D eigenvalue weighted by Gasteiger charge is 2.50. The molecule has 1 amide bonds. The summed E-state index contributed by atoms with van der Waals surface area (Å²) in [5, 5.41) is 12.3. The van der Waals surface area contributed by atoms with E-state index in [-0.39, 0.29) is 11.4 Å². The molecule has 8 rings (SSSR count). The monoisotopic (exact) mass is 788 g/mol. The number of nitrogens with zero attached hydrogens (tertiary/aromatic N) is 5. The molecule has 5 aromatic rings. The van der Waals surface area contributed by atoms with Crippen LogP contribution >= 0.6 is 11.9 Å². The molecule has 1 spiro atoms. The van der Waals surface area contributed by atoms with E-state index >= 15 is 0 Å². The number of fused-ring (bicyclic) bond motifs is 1. The van der Waals surface area contributed by atoms with Crippen molar-refractivity contribution < 1.29 is 14.5 Å². The third kappa shape index (κ3) is 8.05. The molecule has 1 saturated carbocycles. The van der Waals surface area contributed by atoms with E-state index in [2.05, 4.69) is 81.4 Å². The first kappa shape index (κ1) is 38.7. The predicted octanol–water partition coefficient (Wildman–Crippen LogP) is 8.92. The van der Waals surface area contributed by atoms with E-state index in [9.17, 15) is 14.9 Å². The molecular formula is C44H52N8O4S. The third-order valence-electron chi connectivity index (χ3n) is 12.4. The standard InChI is InChI=1S/C44H52N8O4S/c1-28(2)35-7-5-6-8-36(35)40-27-50(29(3)4)19-20-51(40)32-24-44(25-32)14-17-49(18-15-44)31-9-11-37(41(22-31)56-33-21-30-13-16-46-42(30)47-26-33)43(53)48-57-34-10-12-38(45)39(23-34)52(54)55/h5-13,16,21-23,26,28-29,32,40H,14-15,17-20,24-25,27,45H2,1-4H3,(H,46,47)(H,48,53)/t40-/m1/s1. The van der Waals surface area contributed by atoms with Gasteiger partial charge in [0.1, 0.15) is 22.8 Å². The van der Waals surface area contributed by atoms with Crippen LogP contribution in [0.2, 0.25) is 0 Å². The number of carbonyl (C=O) groups is 1. The van der Waals surface area contributed by atoms with E-state index in [0.29, 0.717) is 51.4 Å². The lowest BCUT2D eigenvalue weighted by Crippen LogP contribution is -2.60. The number of rotatable bonds is 11. The third-order valence-corrected chi connectivity index (χ3v) is 13.2. The number of nitrogen functional groups attached to an aromatic ring is 1. The topological polar surface area (TPSA) is 146 Å². The molecule has 12 nitrogen and oxygen atoms in total. The minimum atomic E-state index is -0.536. The largest absolute Gasteiger partial charge is 0.455 e. The summed E-state index contributed by atoms with van der Waals surface area (Å²) in [6, 6.07) is 24.6. The highest BCUT2D eigenvalue weighted by molar-refractivity contribution is 7.98. The average molecular weight is 789 g/mol. The van der Waals surface area contributed by atoms with Crippen LogP contribution in [0, 0.1) is 15.5 Å². The van der Waals surface area contributed by atoms with E-state index in [1.165, 1.54) is 36.1 Å². The van der Waals surface area contributed by atoms with Crippen molar-refractivity contribution in [2.45, 2.75) is 82.3 Å². The first-order valence-corrected chi connectivity index (χ1v) is 20.9. The minimum Gasteiger partial charge on any atom is -0.455 e. The summed E-state index contributed by atoms with van der Waals surface area (Å²) in [4.78, 5) is 40.5. The SMILES string of the molecule is CC(C)c1ccccc1[C@H]1CN(C(C)C)CCN1C1CC2(CCN(c3ccc(C(=O)NSc4ccc(N)c([N+](=O)[O-])c4)c(Oc4cnc5[nH]ccc5c4)c3)CC2)C1. The molecule has 3 aliphatic rings. The van der Waals surface area contributed by atoms with Crippen molar-refractivity contribution in [1.29, 1.82) is 0 Å². The highest BCUT2D eigenvalue weighted by atomic mass is 32.2. The molecule has 2 aliphatic heterocycles. The molecular weight excluding hydrogens is 737 g/mol. The Kier molecular flexibility index (Phi) is 10.9. The number of hydrogen-bond donors (Lipinski definition) is 3. The Morgan fingerprint density at radius 3 is 2.56 bits per heavy atom. The Bertz CT molecular complexity index is 2260. The molecule has 57 heavy (non-hydrogen) atoms. The Morgan fingerprint density at radius 2 is 1.81 bits per heavy atom. The number of aromatic amines is 1. The van der Waals surface area contributed by atoms with E-state index in [1.54, 1.807) is 18.3 Å². The van der Waals surface area contributed by atoms with Crippen LogP contribution in [-0.2, 0) is 0 Å². The second kappa shape index (κ2) is 16.0. The molecule has 1 atom stereocenters. The van der Waals surface area contributed by atoms with Gasteiger partial charge >= 0.3 is 0 Å². The quantitative estimate of drug-likeness (QED) is 0.0513. The smallest absolute Gasteiger partial charge is 0.293 e. The Labute approximate surface area is 338 Å². The van der Waals surface area contributed by atoms with Gasteiger partial charge in [-0.05, 0) is 110 Å². The van der Waals surface area contributed by atoms with Crippen molar-refractivity contribution in [1.82, 2.24) is 24.5 Å². The molecule has 298 valence electrons. The fourth-order valence-corrected chi connectivity index (χ4v) is 9.78. The second-order valence-corrected chi connectivity index (χ2v) is 17.4. The van der Waals surface area contributed by atoms with Crippen LogP contribution in [0.15, 0.2) is 90.1 Å². The molecule has 0 unspecified atom stereocenters. The van der Waals surface area contributed by atoms with Gasteiger partial charge in [0.05, 0.1) is 16.7 Å². The van der Waals surface area contributed by atoms with E-state index < -0.39 is 10.8 Å². The molecule has 0 bridgehead atoms. The number of nitro groups is 1. The van der Waals surface area contributed by atoms with Crippen LogP contribution in [0.5, 0.6) is 11.5 Å². The van der Waals surface area contributed by atoms with Gasteiger partial charge in [-0.15, -0.1) is 0 Å². The molecule has 4 N–H and O–H groups in total. The maximum absolute atomic E-state index is 13.7. The maximum atomic E-state index is 13.7. The van der Waals surface area contributed by atoms with Crippen molar-refractivity contribution in [2.75, 3.05) is 43.4 Å². The van der Waals surface area contributed by atoms with Gasteiger partial charge in [-0.1, -0.05) is 38.1 Å². The summed E-state index contributed by atoms with van der Waals surface area (Å²) in [6.07, 6.45) is 8.19. The lowest BCUT2D eigenvalue weighted by molar-refractivity contribution is -0.384. The predicted molar refractivity (Wildman–Crippen MR) is 227 cm³/mol. The Morgan fingerprint density at radius 1 is 1.02 bits per heavy atom. The van der Waals surface area contributed by atoms with Crippen LogP contribution < -0.4 is 20.1 Å². The normalized spacial score (nSPS) is 19.0. The van der Waals surface area contributed by atoms with Crippen LogP contribution in [0.25, 0.3) is 11.0 Å². The molecule has 0 radical (unpaired) electrons. The lowest BCUT2D eigenvalue weighted by atomic mass is 9.59. The average Bonchev–Trinajstić information content (AvgIpc) is 3.67. The van der Waals surface area contributed by atoms with Gasteiger partial charge in [0.15, 0.2) is 0 Å². The van der Waals surface area contributed by atoms with E-state index in [4.69, 9.17) is 10.5 Å². The number of pyridine rings is 1. The van der Waals surface area contributed by atoms with Crippen molar-refractivity contribution in [3.8, 4) is 11.5 Å². The summed E-state index contributed by atoms with van der Waals surface area (Å²) in [6.45, 7) is 14.4. The fourth-order valence-electron chi connectivity index (χ4n) is 9.15. The number of benzene rings is 3. The summed E-state index contributed by atoms with van der Waals surface area (Å²) < 4.78 is 9.25. The molecule has 1 aliphatic carbocycles. The maximum Gasteiger partial charge on any atom is 0.293 e.